The standard InChI is InChI=1S/C22H29N3O3/c1-15(2)20-13-18(17-8-4-5-9-19(17)23-20)22(28)25-11-6-7-16(10-12-25)24(3)14-21(26)27/h4-5,8-9,13,15-16H,6-7,10-12,14H2,1-3H3,(H,26,27). The molecule has 2 heterocycles. The fraction of sp³-hybridized carbons (Fsp3) is 0.500. The Morgan fingerprint density at radius 2 is 2.00 bits per heavy atom. The van der Waals surface area contributed by atoms with E-state index in [0.717, 1.165) is 35.9 Å². The number of pyridine rings is 1. The Morgan fingerprint density at radius 1 is 1.25 bits per heavy atom. The first-order valence-corrected chi connectivity index (χ1v) is 9.97. The Hall–Kier alpha value is -2.47. The van der Waals surface area contributed by atoms with Crippen molar-refractivity contribution in [3.8, 4) is 0 Å². The molecule has 1 aromatic carbocycles. The van der Waals surface area contributed by atoms with Gasteiger partial charge in [-0.1, -0.05) is 32.0 Å². The molecule has 0 bridgehead atoms. The Kier molecular flexibility index (Phi) is 6.29. The number of likely N-dealkylation sites (tertiary alicyclic amines) is 1. The molecule has 6 heteroatoms. The smallest absolute Gasteiger partial charge is 0.317 e. The molecule has 1 unspecified atom stereocenters. The van der Waals surface area contributed by atoms with Crippen LogP contribution >= 0.6 is 0 Å². The van der Waals surface area contributed by atoms with E-state index in [4.69, 9.17) is 10.1 Å². The largest absolute Gasteiger partial charge is 0.480 e. The highest BCUT2D eigenvalue weighted by Crippen LogP contribution is 2.25. The van der Waals surface area contributed by atoms with E-state index >= 15 is 0 Å². The minimum absolute atomic E-state index is 0.0331. The summed E-state index contributed by atoms with van der Waals surface area (Å²) in [6.45, 7) is 5.54. The molecule has 3 rings (SSSR count). The van der Waals surface area contributed by atoms with Crippen LogP contribution in [0.2, 0.25) is 0 Å². The molecule has 0 radical (unpaired) electrons. The summed E-state index contributed by atoms with van der Waals surface area (Å²) in [6, 6.07) is 9.93. The number of likely N-dealkylation sites (N-methyl/N-ethyl adjacent to an activating group) is 1. The molecular weight excluding hydrogens is 354 g/mol. The summed E-state index contributed by atoms with van der Waals surface area (Å²) in [6.07, 6.45) is 2.57. The number of carboxylic acid groups (broad SMARTS) is 1. The van der Waals surface area contributed by atoms with Crippen molar-refractivity contribution in [1.29, 1.82) is 0 Å². The Labute approximate surface area is 166 Å². The van der Waals surface area contributed by atoms with Gasteiger partial charge >= 0.3 is 5.97 Å². The van der Waals surface area contributed by atoms with E-state index in [2.05, 4.69) is 13.8 Å². The van der Waals surface area contributed by atoms with Gasteiger partial charge in [0.2, 0.25) is 0 Å². The van der Waals surface area contributed by atoms with E-state index in [9.17, 15) is 9.59 Å². The van der Waals surface area contributed by atoms with Gasteiger partial charge in [-0.2, -0.15) is 0 Å². The second-order valence-corrected chi connectivity index (χ2v) is 7.95. The van der Waals surface area contributed by atoms with Crippen molar-refractivity contribution in [2.75, 3.05) is 26.7 Å². The fourth-order valence-corrected chi connectivity index (χ4v) is 3.90. The summed E-state index contributed by atoms with van der Waals surface area (Å²) in [7, 11) is 1.85. The predicted octanol–water partition coefficient (Wildman–Crippen LogP) is 3.37. The number of fused-ring (bicyclic) bond motifs is 1. The van der Waals surface area contributed by atoms with Gasteiger partial charge in [-0.3, -0.25) is 19.5 Å². The van der Waals surface area contributed by atoms with Crippen molar-refractivity contribution in [3.05, 3.63) is 41.6 Å². The molecule has 0 aliphatic carbocycles. The molecule has 1 aliphatic rings. The second-order valence-electron chi connectivity index (χ2n) is 7.95. The summed E-state index contributed by atoms with van der Waals surface area (Å²) in [5, 5.41) is 9.92. The second kappa shape index (κ2) is 8.69. The van der Waals surface area contributed by atoms with Crippen molar-refractivity contribution in [3.63, 3.8) is 0 Å². The number of carbonyl (C=O) groups excluding carboxylic acids is 1. The van der Waals surface area contributed by atoms with Crippen LogP contribution < -0.4 is 0 Å². The fourth-order valence-electron chi connectivity index (χ4n) is 3.90. The van der Waals surface area contributed by atoms with E-state index in [1.54, 1.807) is 0 Å². The average Bonchev–Trinajstić information content (AvgIpc) is 2.92. The lowest BCUT2D eigenvalue weighted by Crippen LogP contribution is -2.37. The topological polar surface area (TPSA) is 73.7 Å². The Morgan fingerprint density at radius 3 is 2.71 bits per heavy atom. The number of nitrogens with zero attached hydrogens (tertiary/aromatic N) is 3. The number of carboxylic acids is 1. The third-order valence-corrected chi connectivity index (χ3v) is 5.55. The van der Waals surface area contributed by atoms with Crippen LogP contribution in [0.15, 0.2) is 30.3 Å². The lowest BCUT2D eigenvalue weighted by atomic mass is 10.0. The van der Waals surface area contributed by atoms with Crippen molar-refractivity contribution < 1.29 is 14.7 Å². The monoisotopic (exact) mass is 383 g/mol. The van der Waals surface area contributed by atoms with Gasteiger partial charge in [-0.15, -0.1) is 0 Å². The van der Waals surface area contributed by atoms with Crippen LogP contribution in [0.1, 0.15) is 55.1 Å². The van der Waals surface area contributed by atoms with Crippen LogP contribution in [-0.4, -0.2) is 64.5 Å². The molecule has 28 heavy (non-hydrogen) atoms. The van der Waals surface area contributed by atoms with Gasteiger partial charge in [0, 0.05) is 30.2 Å². The molecule has 1 amide bonds. The average molecular weight is 383 g/mol. The minimum Gasteiger partial charge on any atom is -0.480 e. The van der Waals surface area contributed by atoms with E-state index < -0.39 is 5.97 Å². The molecule has 150 valence electrons. The Bertz CT molecular complexity index is 865. The molecular formula is C22H29N3O3. The van der Waals surface area contributed by atoms with E-state index in [1.165, 1.54) is 0 Å². The molecule has 1 fully saturated rings. The molecule has 1 aromatic heterocycles. The maximum atomic E-state index is 13.4. The van der Waals surface area contributed by atoms with Crippen molar-refractivity contribution in [2.24, 2.45) is 0 Å². The quantitative estimate of drug-likeness (QED) is 0.857. The number of amides is 1. The SMILES string of the molecule is CC(C)c1cc(C(=O)N2CCCC(N(C)CC(=O)O)CC2)c2ccccc2n1. The maximum Gasteiger partial charge on any atom is 0.317 e. The number of rotatable bonds is 5. The number of hydrogen-bond donors (Lipinski definition) is 1. The maximum absolute atomic E-state index is 13.4. The van der Waals surface area contributed by atoms with Crippen molar-refractivity contribution in [1.82, 2.24) is 14.8 Å². The van der Waals surface area contributed by atoms with E-state index in [-0.39, 0.29) is 24.4 Å². The van der Waals surface area contributed by atoms with Crippen LogP contribution in [0.25, 0.3) is 10.9 Å². The minimum atomic E-state index is -0.816. The first kappa shape index (κ1) is 20.3. The highest BCUT2D eigenvalue weighted by Gasteiger charge is 2.26. The first-order valence-electron chi connectivity index (χ1n) is 9.97. The van der Waals surface area contributed by atoms with Crippen LogP contribution in [0, 0.1) is 0 Å². The van der Waals surface area contributed by atoms with Gasteiger partial charge in [0.1, 0.15) is 0 Å². The van der Waals surface area contributed by atoms with Gasteiger partial charge in [0.25, 0.3) is 5.91 Å². The zero-order valence-corrected chi connectivity index (χ0v) is 16.9. The zero-order chi connectivity index (χ0) is 20.3. The van der Waals surface area contributed by atoms with Gasteiger partial charge in [-0.25, -0.2) is 0 Å². The molecule has 1 N–H and O–H groups in total. The molecule has 2 aromatic rings. The van der Waals surface area contributed by atoms with Crippen LogP contribution in [0.5, 0.6) is 0 Å². The highest BCUT2D eigenvalue weighted by molar-refractivity contribution is 6.06. The molecule has 6 nitrogen and oxygen atoms in total. The van der Waals surface area contributed by atoms with Crippen LogP contribution in [-0.2, 0) is 4.79 Å². The molecule has 0 saturated carbocycles. The lowest BCUT2D eigenvalue weighted by molar-refractivity contribution is -0.138. The van der Waals surface area contributed by atoms with E-state index in [0.29, 0.717) is 18.7 Å². The van der Waals surface area contributed by atoms with Crippen molar-refractivity contribution >= 4 is 22.8 Å². The van der Waals surface area contributed by atoms with Gasteiger partial charge in [-0.05, 0) is 44.4 Å². The first-order chi connectivity index (χ1) is 13.4. The Balaban J connectivity index is 1.83. The number of hydrogen-bond acceptors (Lipinski definition) is 4. The van der Waals surface area contributed by atoms with Gasteiger partial charge < -0.3 is 10.0 Å². The lowest BCUT2D eigenvalue weighted by Gasteiger charge is -2.26. The summed E-state index contributed by atoms with van der Waals surface area (Å²) in [4.78, 5) is 32.9. The van der Waals surface area contributed by atoms with E-state index in [1.807, 2.05) is 47.2 Å². The molecule has 1 aliphatic heterocycles. The summed E-state index contributed by atoms with van der Waals surface area (Å²) >= 11 is 0. The normalized spacial score (nSPS) is 17.9. The number of aromatic nitrogens is 1. The summed E-state index contributed by atoms with van der Waals surface area (Å²) < 4.78 is 0. The van der Waals surface area contributed by atoms with Crippen LogP contribution in [0.3, 0.4) is 0 Å². The summed E-state index contributed by atoms with van der Waals surface area (Å²) in [5.41, 5.74) is 2.49. The third kappa shape index (κ3) is 4.50. The predicted molar refractivity (Wildman–Crippen MR) is 110 cm³/mol. The van der Waals surface area contributed by atoms with Crippen LogP contribution in [0.4, 0.5) is 0 Å². The number of benzene rings is 1. The zero-order valence-electron chi connectivity index (χ0n) is 16.9. The number of aliphatic carboxylic acids is 1. The molecule has 1 atom stereocenters. The van der Waals surface area contributed by atoms with Gasteiger partial charge in [0.05, 0.1) is 17.6 Å². The summed E-state index contributed by atoms with van der Waals surface area (Å²) in [5.74, 6) is -0.527. The number of carbonyl (C=O) groups is 2. The van der Waals surface area contributed by atoms with Crippen molar-refractivity contribution in [2.45, 2.75) is 45.1 Å². The highest BCUT2D eigenvalue weighted by atomic mass is 16.4. The van der Waals surface area contributed by atoms with Gasteiger partial charge in [0.15, 0.2) is 0 Å². The number of para-hydroxylation sites is 1. The molecule has 1 saturated heterocycles. The third-order valence-electron chi connectivity index (χ3n) is 5.55. The molecule has 0 spiro atoms.